The lowest BCUT2D eigenvalue weighted by Crippen LogP contribution is -2.44. The molecular formula is C18H22N4O2. The van der Waals surface area contributed by atoms with E-state index in [4.69, 9.17) is 0 Å². The van der Waals surface area contributed by atoms with Gasteiger partial charge in [-0.05, 0) is 24.0 Å². The minimum atomic E-state index is -0.323. The summed E-state index contributed by atoms with van der Waals surface area (Å²) in [5, 5.41) is 2.96. The van der Waals surface area contributed by atoms with Gasteiger partial charge in [0.1, 0.15) is 6.04 Å². The van der Waals surface area contributed by atoms with Crippen molar-refractivity contribution in [3.05, 3.63) is 54.1 Å². The predicted octanol–water partition coefficient (Wildman–Crippen LogP) is 1.56. The van der Waals surface area contributed by atoms with Crippen LogP contribution in [0.1, 0.15) is 30.9 Å². The first-order valence-corrected chi connectivity index (χ1v) is 8.22. The van der Waals surface area contributed by atoms with Crippen LogP contribution in [0.3, 0.4) is 0 Å². The molecule has 1 unspecified atom stereocenters. The van der Waals surface area contributed by atoms with E-state index >= 15 is 0 Å². The fourth-order valence-corrected chi connectivity index (χ4v) is 3.15. The van der Waals surface area contributed by atoms with E-state index in [-0.39, 0.29) is 17.9 Å². The number of nitrogens with one attached hydrogen (secondary N) is 1. The van der Waals surface area contributed by atoms with E-state index in [1.165, 1.54) is 6.92 Å². The Labute approximate surface area is 141 Å². The van der Waals surface area contributed by atoms with Gasteiger partial charge in [-0.3, -0.25) is 9.59 Å². The molecule has 0 spiro atoms. The first kappa shape index (κ1) is 16.2. The molecule has 1 saturated heterocycles. The highest BCUT2D eigenvalue weighted by Gasteiger charge is 2.31. The lowest BCUT2D eigenvalue weighted by Gasteiger charge is -2.22. The van der Waals surface area contributed by atoms with Gasteiger partial charge in [-0.15, -0.1) is 0 Å². The largest absolute Gasteiger partial charge is 0.350 e. The topological polar surface area (TPSA) is 67.2 Å². The highest BCUT2D eigenvalue weighted by Crippen LogP contribution is 2.17. The maximum Gasteiger partial charge on any atom is 0.243 e. The summed E-state index contributed by atoms with van der Waals surface area (Å²) in [5.41, 5.74) is 2.21. The predicted molar refractivity (Wildman–Crippen MR) is 90.0 cm³/mol. The van der Waals surface area contributed by atoms with E-state index in [0.29, 0.717) is 13.1 Å². The Morgan fingerprint density at radius 3 is 2.92 bits per heavy atom. The molecule has 1 aliphatic rings. The molecular weight excluding hydrogens is 304 g/mol. The molecule has 2 heterocycles. The van der Waals surface area contributed by atoms with Crippen LogP contribution in [-0.2, 0) is 22.7 Å². The number of hydrogen-bond donors (Lipinski definition) is 1. The lowest BCUT2D eigenvalue weighted by atomic mass is 10.1. The molecule has 24 heavy (non-hydrogen) atoms. The van der Waals surface area contributed by atoms with Crippen LogP contribution in [0.25, 0.3) is 0 Å². The van der Waals surface area contributed by atoms with Gasteiger partial charge in [0, 0.05) is 39.0 Å². The Bertz CT molecular complexity index is 712. The molecule has 1 aromatic heterocycles. The second-order valence-corrected chi connectivity index (χ2v) is 6.14. The van der Waals surface area contributed by atoms with Crippen molar-refractivity contribution in [1.82, 2.24) is 19.8 Å². The molecule has 6 nitrogen and oxygen atoms in total. The van der Waals surface area contributed by atoms with Gasteiger partial charge in [0.05, 0.1) is 6.33 Å². The van der Waals surface area contributed by atoms with Crippen molar-refractivity contribution in [1.29, 1.82) is 0 Å². The number of carbonyl (C=O) groups is 2. The summed E-state index contributed by atoms with van der Waals surface area (Å²) in [6.07, 6.45) is 7.09. The summed E-state index contributed by atoms with van der Waals surface area (Å²) in [7, 11) is 0. The molecule has 0 radical (unpaired) electrons. The molecule has 1 atom stereocenters. The zero-order chi connectivity index (χ0) is 16.9. The number of nitrogens with zero attached hydrogens (tertiary/aromatic N) is 3. The Hall–Kier alpha value is -2.63. The van der Waals surface area contributed by atoms with E-state index < -0.39 is 0 Å². The van der Waals surface area contributed by atoms with Gasteiger partial charge in [0.2, 0.25) is 11.8 Å². The maximum absolute atomic E-state index is 12.4. The smallest absolute Gasteiger partial charge is 0.243 e. The number of aromatic nitrogens is 2. The van der Waals surface area contributed by atoms with E-state index in [0.717, 1.165) is 30.5 Å². The number of imidazole rings is 1. The standard InChI is InChI=1S/C18H22N4O2/c1-14(23)22-8-3-6-17(22)18(24)20-11-15-4-2-5-16(10-15)12-21-9-7-19-13-21/h2,4-5,7,9-10,13,17H,3,6,8,11-12H2,1H3,(H,20,24). The monoisotopic (exact) mass is 326 g/mol. The van der Waals surface area contributed by atoms with Gasteiger partial charge < -0.3 is 14.8 Å². The van der Waals surface area contributed by atoms with E-state index in [1.807, 2.05) is 22.9 Å². The normalized spacial score (nSPS) is 17.0. The third-order valence-electron chi connectivity index (χ3n) is 4.34. The number of rotatable bonds is 5. The second-order valence-electron chi connectivity index (χ2n) is 6.14. The minimum absolute atomic E-state index is 0.0324. The molecule has 2 aromatic rings. The first-order valence-electron chi connectivity index (χ1n) is 8.22. The quantitative estimate of drug-likeness (QED) is 0.907. The Balaban J connectivity index is 1.58. The average Bonchev–Trinajstić information content (AvgIpc) is 3.24. The minimum Gasteiger partial charge on any atom is -0.350 e. The van der Waals surface area contributed by atoms with Crippen LogP contribution in [-0.4, -0.2) is 38.9 Å². The summed E-state index contributed by atoms with van der Waals surface area (Å²) in [6.45, 7) is 3.42. The van der Waals surface area contributed by atoms with Gasteiger partial charge >= 0.3 is 0 Å². The van der Waals surface area contributed by atoms with Crippen LogP contribution < -0.4 is 5.32 Å². The van der Waals surface area contributed by atoms with Crippen molar-refractivity contribution in [2.45, 2.75) is 38.9 Å². The molecule has 6 heteroatoms. The summed E-state index contributed by atoms with van der Waals surface area (Å²) in [4.78, 5) is 29.6. The van der Waals surface area contributed by atoms with Crippen molar-refractivity contribution in [3.63, 3.8) is 0 Å². The van der Waals surface area contributed by atoms with Crippen molar-refractivity contribution in [2.75, 3.05) is 6.54 Å². The molecule has 1 aromatic carbocycles. The van der Waals surface area contributed by atoms with Gasteiger partial charge in [-0.1, -0.05) is 24.3 Å². The van der Waals surface area contributed by atoms with Gasteiger partial charge in [0.25, 0.3) is 0 Å². The zero-order valence-electron chi connectivity index (χ0n) is 13.8. The molecule has 1 fully saturated rings. The van der Waals surface area contributed by atoms with Crippen LogP contribution in [0.2, 0.25) is 0 Å². The molecule has 0 saturated carbocycles. The molecule has 126 valence electrons. The van der Waals surface area contributed by atoms with Crippen molar-refractivity contribution >= 4 is 11.8 Å². The van der Waals surface area contributed by atoms with Crippen LogP contribution in [0.15, 0.2) is 43.0 Å². The SMILES string of the molecule is CC(=O)N1CCCC1C(=O)NCc1cccc(Cn2ccnc2)c1. The number of benzene rings is 1. The van der Waals surface area contributed by atoms with Crippen LogP contribution in [0.5, 0.6) is 0 Å². The molecule has 1 aliphatic heterocycles. The van der Waals surface area contributed by atoms with Crippen molar-refractivity contribution in [2.24, 2.45) is 0 Å². The molecule has 2 amide bonds. The molecule has 0 aliphatic carbocycles. The van der Waals surface area contributed by atoms with Crippen LogP contribution >= 0.6 is 0 Å². The van der Waals surface area contributed by atoms with E-state index in [2.05, 4.69) is 22.4 Å². The number of likely N-dealkylation sites (tertiary alicyclic amines) is 1. The lowest BCUT2D eigenvalue weighted by molar-refractivity contribution is -0.136. The Morgan fingerprint density at radius 2 is 2.17 bits per heavy atom. The van der Waals surface area contributed by atoms with Crippen molar-refractivity contribution in [3.8, 4) is 0 Å². The van der Waals surface area contributed by atoms with Crippen molar-refractivity contribution < 1.29 is 9.59 Å². The summed E-state index contributed by atoms with van der Waals surface area (Å²) >= 11 is 0. The number of hydrogen-bond acceptors (Lipinski definition) is 3. The highest BCUT2D eigenvalue weighted by molar-refractivity contribution is 5.87. The zero-order valence-corrected chi connectivity index (χ0v) is 13.8. The highest BCUT2D eigenvalue weighted by atomic mass is 16.2. The molecule has 0 bridgehead atoms. The van der Waals surface area contributed by atoms with E-state index in [1.54, 1.807) is 17.4 Å². The number of carbonyl (C=O) groups excluding carboxylic acids is 2. The Kier molecular flexibility index (Phi) is 4.93. The summed E-state index contributed by atoms with van der Waals surface area (Å²) in [5.74, 6) is -0.0994. The van der Waals surface area contributed by atoms with Gasteiger partial charge in [-0.2, -0.15) is 0 Å². The molecule has 3 rings (SSSR count). The molecule has 1 N–H and O–H groups in total. The third kappa shape index (κ3) is 3.82. The third-order valence-corrected chi connectivity index (χ3v) is 4.34. The summed E-state index contributed by atoms with van der Waals surface area (Å²) < 4.78 is 2.00. The fraction of sp³-hybridized carbons (Fsp3) is 0.389. The second kappa shape index (κ2) is 7.29. The maximum atomic E-state index is 12.4. The van der Waals surface area contributed by atoms with Crippen LogP contribution in [0.4, 0.5) is 0 Å². The van der Waals surface area contributed by atoms with Crippen LogP contribution in [0, 0.1) is 0 Å². The average molecular weight is 326 g/mol. The van der Waals surface area contributed by atoms with Gasteiger partial charge in [0.15, 0.2) is 0 Å². The summed E-state index contributed by atoms with van der Waals surface area (Å²) in [6, 6.07) is 7.80. The van der Waals surface area contributed by atoms with E-state index in [9.17, 15) is 9.59 Å². The fourth-order valence-electron chi connectivity index (χ4n) is 3.15. The Morgan fingerprint density at radius 1 is 1.33 bits per heavy atom. The van der Waals surface area contributed by atoms with Gasteiger partial charge in [-0.25, -0.2) is 4.98 Å². The first-order chi connectivity index (χ1) is 11.6. The number of amides is 2.